The fourth-order valence-corrected chi connectivity index (χ4v) is 6.34. The van der Waals surface area contributed by atoms with Gasteiger partial charge in [-0.2, -0.15) is 0 Å². The summed E-state index contributed by atoms with van der Waals surface area (Å²) >= 11 is 0. The normalized spacial score (nSPS) is 11.4. The number of rotatable bonds is 27. The lowest BCUT2D eigenvalue weighted by atomic mass is 10.1. The lowest BCUT2D eigenvalue weighted by molar-refractivity contribution is -0.149. The van der Waals surface area contributed by atoms with E-state index in [1.54, 1.807) is 24.3 Å². The molecule has 0 aliphatic rings. The van der Waals surface area contributed by atoms with Crippen LogP contribution in [0.15, 0.2) is 85.4 Å². The Hall–Kier alpha value is -5.79. The van der Waals surface area contributed by atoms with E-state index in [9.17, 15) is 50.4 Å². The van der Waals surface area contributed by atoms with E-state index in [-0.39, 0.29) is 48.7 Å². The molecule has 6 N–H and O–H groups in total. The number of esters is 4. The van der Waals surface area contributed by atoms with E-state index in [1.165, 1.54) is 24.3 Å². The van der Waals surface area contributed by atoms with E-state index in [4.69, 9.17) is 29.2 Å². The molecule has 334 valence electrons. The number of nitrogens with zero attached hydrogens (tertiary/aromatic N) is 3. The second-order valence-corrected chi connectivity index (χ2v) is 16.1. The van der Waals surface area contributed by atoms with Crippen LogP contribution in [-0.4, -0.2) is 107 Å². The Morgan fingerprint density at radius 1 is 0.541 bits per heavy atom. The minimum Gasteiger partial charge on any atom is -0.465 e. The minimum atomic E-state index is -3.80. The third-order valence-electron chi connectivity index (χ3n) is 8.53. The Morgan fingerprint density at radius 3 is 1.25 bits per heavy atom. The van der Waals surface area contributed by atoms with Gasteiger partial charge in [0.2, 0.25) is 20.0 Å². The highest BCUT2D eigenvalue weighted by Gasteiger charge is 2.18. The van der Waals surface area contributed by atoms with Gasteiger partial charge in [0.05, 0.1) is 48.7 Å². The molecule has 0 amide bonds. The molecule has 2 aromatic carbocycles. The van der Waals surface area contributed by atoms with Crippen molar-refractivity contribution in [3.8, 4) is 0 Å². The maximum atomic E-state index is 13.3. The smallest absolute Gasteiger partial charge is 0.336 e. The number of hydrogen-bond donors (Lipinski definition) is 4. The third-order valence-corrected chi connectivity index (χ3v) is 10.4. The van der Waals surface area contributed by atoms with Gasteiger partial charge in [-0.3, -0.25) is 14.4 Å². The summed E-state index contributed by atoms with van der Waals surface area (Å²) in [5.41, 5.74) is -1.54. The van der Waals surface area contributed by atoms with Gasteiger partial charge in [0.1, 0.15) is 26.4 Å². The highest BCUT2D eigenvalue weighted by atomic mass is 32.2. The minimum absolute atomic E-state index is 0.000560. The van der Waals surface area contributed by atoms with Crippen molar-refractivity contribution in [3.05, 3.63) is 104 Å². The quantitative estimate of drug-likeness (QED) is 0.0270. The van der Waals surface area contributed by atoms with Crippen molar-refractivity contribution in [1.29, 1.82) is 0 Å². The number of ether oxygens (including phenoxy) is 4. The first-order chi connectivity index (χ1) is 28.9. The third kappa shape index (κ3) is 17.4. The van der Waals surface area contributed by atoms with Crippen LogP contribution >= 0.6 is 0 Å². The number of carbonyl (C=O) groups excluding carboxylic acids is 4. The number of carbonyl (C=O) groups is 4. The molecular weight excluding hydrogens is 847 g/mol. The number of benzene rings is 2. The molecule has 24 heteroatoms. The molecule has 0 bridgehead atoms. The summed E-state index contributed by atoms with van der Waals surface area (Å²) in [5.74, 6) is -2.86. The van der Waals surface area contributed by atoms with Gasteiger partial charge in [-0.1, -0.05) is 30.8 Å². The van der Waals surface area contributed by atoms with Crippen LogP contribution in [0.4, 0.5) is 0 Å². The Bertz CT molecular complexity index is 2390. The molecule has 0 aliphatic heterocycles. The van der Waals surface area contributed by atoms with Crippen molar-refractivity contribution >= 4 is 43.9 Å². The van der Waals surface area contributed by atoms with Gasteiger partial charge in [-0.15, -0.1) is 0 Å². The van der Waals surface area contributed by atoms with Crippen molar-refractivity contribution in [3.63, 3.8) is 0 Å². The molecule has 0 aliphatic carbocycles. The van der Waals surface area contributed by atoms with Gasteiger partial charge in [0.15, 0.2) is 0 Å². The van der Waals surface area contributed by atoms with E-state index in [0.717, 1.165) is 17.2 Å². The first-order valence-corrected chi connectivity index (χ1v) is 21.9. The van der Waals surface area contributed by atoms with Crippen LogP contribution in [0, 0.1) is 0 Å². The molecule has 22 nitrogen and oxygen atoms in total. The van der Waals surface area contributed by atoms with E-state index >= 15 is 0 Å². The van der Waals surface area contributed by atoms with Gasteiger partial charge in [-0.25, -0.2) is 60.0 Å². The molecule has 61 heavy (non-hydrogen) atoms. The van der Waals surface area contributed by atoms with Gasteiger partial charge in [0, 0.05) is 19.2 Å². The van der Waals surface area contributed by atoms with Crippen LogP contribution in [0.25, 0.3) is 0 Å². The number of aromatic nitrogens is 3. The average Bonchev–Trinajstić information content (AvgIpc) is 3.21. The first kappa shape index (κ1) is 49.6. The highest BCUT2D eigenvalue weighted by Crippen LogP contribution is 2.10. The van der Waals surface area contributed by atoms with Crippen LogP contribution in [0.2, 0.25) is 0 Å². The van der Waals surface area contributed by atoms with Crippen LogP contribution in [-0.2, 0) is 90.6 Å². The first-order valence-electron chi connectivity index (χ1n) is 18.8. The molecule has 0 saturated carbocycles. The van der Waals surface area contributed by atoms with Crippen molar-refractivity contribution in [2.45, 2.75) is 61.5 Å². The summed E-state index contributed by atoms with van der Waals surface area (Å²) in [6.07, 6.45) is 1.57. The zero-order valence-corrected chi connectivity index (χ0v) is 34.8. The fraction of sp³-hybridized carbons (Fsp3) is 0.432. The fourth-order valence-electron chi connectivity index (χ4n) is 5.31. The van der Waals surface area contributed by atoms with Gasteiger partial charge in [-0.05, 0) is 61.3 Å². The molecule has 0 fully saturated rings. The number of nitrogens with one attached hydrogen (secondary N) is 2. The van der Waals surface area contributed by atoms with E-state index in [1.807, 2.05) is 0 Å². The monoisotopic (exact) mass is 895 g/mol. The second kappa shape index (κ2) is 24.5. The Labute approximate surface area is 350 Å². The lowest BCUT2D eigenvalue weighted by Crippen LogP contribution is -2.55. The zero-order chi connectivity index (χ0) is 45.0. The second-order valence-electron chi connectivity index (χ2n) is 13.0. The number of primary sulfonamides is 2. The van der Waals surface area contributed by atoms with Crippen molar-refractivity contribution in [2.24, 2.45) is 10.3 Å². The summed E-state index contributed by atoms with van der Waals surface area (Å²) < 4.78 is 67.6. The standard InChI is InChI=1S/C37H49N7O15S2/c1-2-31(45)57-24-20-42-35(49)43(21-25-58-33(47)14-19-41-17-12-28-5-9-30(10-6-28)61(39,54)55)37(51)44(36(42)50)22-26-59-34(48)15-23-56-32(46)13-18-40-16-11-27-3-7-29(8-4-27)60(38,52)53/h2-10,40-41H,1,11-26H2,(H2,38,52,53)(H2,39,54,55). The van der Waals surface area contributed by atoms with Crippen LogP contribution in [0.3, 0.4) is 0 Å². The topological polar surface area (TPSA) is 316 Å². The van der Waals surface area contributed by atoms with E-state index < -0.39 is 100 Å². The van der Waals surface area contributed by atoms with Crippen LogP contribution in [0.1, 0.15) is 30.4 Å². The van der Waals surface area contributed by atoms with Gasteiger partial charge < -0.3 is 29.6 Å². The molecule has 3 aromatic rings. The molecule has 0 atom stereocenters. The summed E-state index contributed by atoms with van der Waals surface area (Å²) in [4.78, 5) is 87.9. The van der Waals surface area contributed by atoms with Gasteiger partial charge in [0.25, 0.3) is 0 Å². The lowest BCUT2D eigenvalue weighted by Gasteiger charge is -2.14. The molecular formula is C37H49N7O15S2. The molecule has 0 spiro atoms. The number of nitrogens with two attached hydrogens (primary N) is 2. The van der Waals surface area contributed by atoms with E-state index in [0.29, 0.717) is 39.6 Å². The van der Waals surface area contributed by atoms with Crippen molar-refractivity contribution in [2.75, 3.05) is 52.6 Å². The number of sulfonamides is 2. The largest absolute Gasteiger partial charge is 0.465 e. The highest BCUT2D eigenvalue weighted by molar-refractivity contribution is 7.89. The summed E-state index contributed by atoms with van der Waals surface area (Å²) in [6.45, 7) is 1.70. The van der Waals surface area contributed by atoms with Crippen molar-refractivity contribution < 1.29 is 55.0 Å². The molecule has 1 heterocycles. The summed E-state index contributed by atoms with van der Waals surface area (Å²) in [5, 5.41) is 16.3. The summed E-state index contributed by atoms with van der Waals surface area (Å²) in [7, 11) is -7.58. The molecule has 1 aromatic heterocycles. The predicted molar refractivity (Wildman–Crippen MR) is 216 cm³/mol. The Kier molecular flexibility index (Phi) is 19.9. The van der Waals surface area contributed by atoms with Crippen LogP contribution < -0.4 is 38.0 Å². The maximum Gasteiger partial charge on any atom is 0.336 e. The van der Waals surface area contributed by atoms with E-state index in [2.05, 4.69) is 17.2 Å². The SMILES string of the molecule is C=CC(=O)OCCn1c(=O)n(CCOC(=O)CCNCCc2ccc(S(N)(=O)=O)cc2)c(=O)n(CCOC(=O)CCOC(=O)CCNCCc2ccc(S(N)(=O)=O)cc2)c1=O. The van der Waals surface area contributed by atoms with Crippen molar-refractivity contribution in [1.82, 2.24) is 24.3 Å². The summed E-state index contributed by atoms with van der Waals surface area (Å²) in [6, 6.07) is 12.1. The molecule has 0 saturated heterocycles. The predicted octanol–water partition coefficient (Wildman–Crippen LogP) is -2.34. The molecule has 3 rings (SSSR count). The Balaban J connectivity index is 1.44. The van der Waals surface area contributed by atoms with Gasteiger partial charge >= 0.3 is 40.9 Å². The maximum absolute atomic E-state index is 13.3. The molecule has 0 unspecified atom stereocenters. The average molecular weight is 896 g/mol. The number of hydrogen-bond acceptors (Lipinski definition) is 17. The Morgan fingerprint density at radius 2 is 0.885 bits per heavy atom. The molecule has 0 radical (unpaired) electrons. The van der Waals surface area contributed by atoms with Crippen LogP contribution in [0.5, 0.6) is 0 Å². The zero-order valence-electron chi connectivity index (χ0n) is 33.2.